The van der Waals surface area contributed by atoms with Gasteiger partial charge in [-0.1, -0.05) is 50.8 Å². The molecule has 0 amide bonds. The Bertz CT molecular complexity index is 783. The van der Waals surface area contributed by atoms with Gasteiger partial charge >= 0.3 is 0 Å². The summed E-state index contributed by atoms with van der Waals surface area (Å²) in [5.74, 6) is 1.11. The zero-order chi connectivity index (χ0) is 20.8. The fraction of sp³-hybridized carbons (Fsp3) is 0.632. The first-order chi connectivity index (χ1) is 13.1. The first-order valence-corrected chi connectivity index (χ1v) is 17.1. The van der Waals surface area contributed by atoms with E-state index in [0.717, 1.165) is 31.1 Å². The summed E-state index contributed by atoms with van der Waals surface area (Å²) in [6.07, 6.45) is 1.69. The van der Waals surface area contributed by atoms with Crippen LogP contribution >= 0.6 is 0 Å². The Labute approximate surface area is 170 Å². The van der Waals surface area contributed by atoms with E-state index in [9.17, 15) is 0 Å². The van der Waals surface area contributed by atoms with E-state index in [1.165, 1.54) is 0 Å². The molecule has 0 spiro atoms. The SMILES string of the molecule is [C-]#[N+]c1cc(N(COCC[Si](C)(C)C)COCC[Si](C)(C)C)n2nccc2n1. The highest BCUT2D eigenvalue weighted by atomic mass is 28.3. The molecule has 2 aromatic heterocycles. The van der Waals surface area contributed by atoms with Crippen LogP contribution < -0.4 is 4.90 Å². The van der Waals surface area contributed by atoms with Crippen LogP contribution in [0.3, 0.4) is 0 Å². The number of nitrogens with zero attached hydrogens (tertiary/aromatic N) is 5. The number of hydrogen-bond donors (Lipinski definition) is 0. The van der Waals surface area contributed by atoms with E-state index in [2.05, 4.69) is 54.2 Å². The third kappa shape index (κ3) is 7.35. The highest BCUT2D eigenvalue weighted by molar-refractivity contribution is 6.76. The van der Waals surface area contributed by atoms with Gasteiger partial charge < -0.3 is 19.2 Å². The van der Waals surface area contributed by atoms with E-state index in [-0.39, 0.29) is 0 Å². The molecule has 9 heteroatoms. The quantitative estimate of drug-likeness (QED) is 0.228. The first-order valence-electron chi connectivity index (χ1n) is 9.72. The molecule has 2 aromatic rings. The maximum absolute atomic E-state index is 7.34. The number of hydrogen-bond acceptors (Lipinski definition) is 5. The molecular weight excluding hydrogens is 386 g/mol. The van der Waals surface area contributed by atoms with Gasteiger partial charge in [-0.05, 0) is 12.1 Å². The van der Waals surface area contributed by atoms with Gasteiger partial charge in [0, 0.05) is 41.5 Å². The van der Waals surface area contributed by atoms with Gasteiger partial charge in [0.2, 0.25) is 0 Å². The van der Waals surface area contributed by atoms with Crippen molar-refractivity contribution < 1.29 is 9.47 Å². The van der Waals surface area contributed by atoms with E-state index < -0.39 is 16.1 Å². The molecular formula is C19H33N5O2Si2. The van der Waals surface area contributed by atoms with E-state index in [0.29, 0.717) is 24.9 Å². The summed E-state index contributed by atoms with van der Waals surface area (Å²) in [5.41, 5.74) is 0.651. The highest BCUT2D eigenvalue weighted by Crippen LogP contribution is 2.22. The minimum Gasteiger partial charge on any atom is -0.361 e. The highest BCUT2D eigenvalue weighted by Gasteiger charge is 2.18. The Morgan fingerprint density at radius 1 is 1.04 bits per heavy atom. The zero-order valence-corrected chi connectivity index (χ0v) is 20.0. The average Bonchev–Trinajstić information content (AvgIpc) is 3.06. The van der Waals surface area contributed by atoms with Crippen LogP contribution in [0.25, 0.3) is 10.5 Å². The third-order valence-electron chi connectivity index (χ3n) is 4.25. The molecule has 0 aliphatic carbocycles. The second kappa shape index (κ2) is 9.65. The molecule has 0 bridgehead atoms. The Balaban J connectivity index is 2.13. The van der Waals surface area contributed by atoms with Crippen molar-refractivity contribution in [2.24, 2.45) is 0 Å². The number of rotatable bonds is 11. The van der Waals surface area contributed by atoms with Crippen molar-refractivity contribution in [3.8, 4) is 0 Å². The van der Waals surface area contributed by atoms with E-state index in [1.807, 2.05) is 4.90 Å². The topological polar surface area (TPSA) is 56.2 Å². The predicted octanol–water partition coefficient (Wildman–Crippen LogP) is 4.71. The Kier molecular flexibility index (Phi) is 7.77. The van der Waals surface area contributed by atoms with Crippen LogP contribution in [0.2, 0.25) is 51.4 Å². The van der Waals surface area contributed by atoms with Crippen molar-refractivity contribution >= 4 is 33.4 Å². The van der Waals surface area contributed by atoms with Crippen LogP contribution in [0.1, 0.15) is 0 Å². The maximum atomic E-state index is 7.34. The first kappa shape index (κ1) is 22.6. The van der Waals surface area contributed by atoms with Gasteiger partial charge in [0.1, 0.15) is 19.3 Å². The number of aromatic nitrogens is 3. The predicted molar refractivity (Wildman–Crippen MR) is 120 cm³/mol. The molecule has 0 aliphatic rings. The fourth-order valence-electron chi connectivity index (χ4n) is 2.44. The average molecular weight is 420 g/mol. The molecule has 0 radical (unpaired) electrons. The van der Waals surface area contributed by atoms with Gasteiger partial charge in [-0.15, -0.1) is 0 Å². The van der Waals surface area contributed by atoms with Gasteiger partial charge in [-0.2, -0.15) is 9.61 Å². The second-order valence-electron chi connectivity index (χ2n) is 9.42. The molecule has 0 aliphatic heterocycles. The van der Waals surface area contributed by atoms with Crippen molar-refractivity contribution in [3.05, 3.63) is 29.7 Å². The number of ether oxygens (including phenoxy) is 2. The van der Waals surface area contributed by atoms with Gasteiger partial charge in [-0.25, -0.2) is 0 Å². The van der Waals surface area contributed by atoms with E-state index in [1.54, 1.807) is 22.8 Å². The molecule has 0 N–H and O–H groups in total. The maximum Gasteiger partial charge on any atom is 0.275 e. The van der Waals surface area contributed by atoms with Gasteiger partial charge in [0.25, 0.3) is 11.5 Å². The lowest BCUT2D eigenvalue weighted by Crippen LogP contribution is -2.33. The molecule has 2 heterocycles. The molecule has 28 heavy (non-hydrogen) atoms. The van der Waals surface area contributed by atoms with Crippen LogP contribution in [-0.2, 0) is 9.47 Å². The summed E-state index contributed by atoms with van der Waals surface area (Å²) in [6, 6.07) is 5.77. The summed E-state index contributed by atoms with van der Waals surface area (Å²) in [5, 5.41) is 4.36. The number of fused-ring (bicyclic) bond motifs is 1. The normalized spacial score (nSPS) is 12.3. The van der Waals surface area contributed by atoms with Crippen molar-refractivity contribution in [1.82, 2.24) is 14.6 Å². The van der Waals surface area contributed by atoms with Crippen LogP contribution in [0.5, 0.6) is 0 Å². The zero-order valence-electron chi connectivity index (χ0n) is 18.0. The van der Waals surface area contributed by atoms with E-state index >= 15 is 0 Å². The Morgan fingerprint density at radius 3 is 2.11 bits per heavy atom. The van der Waals surface area contributed by atoms with Crippen molar-refractivity contribution in [3.63, 3.8) is 0 Å². The molecule has 0 fully saturated rings. The Hall–Kier alpha value is -1.74. The van der Waals surface area contributed by atoms with Gasteiger partial charge in [0.05, 0.1) is 6.20 Å². The smallest absolute Gasteiger partial charge is 0.275 e. The van der Waals surface area contributed by atoms with Crippen LogP contribution in [-0.4, -0.2) is 57.4 Å². The van der Waals surface area contributed by atoms with Crippen molar-refractivity contribution in [1.29, 1.82) is 0 Å². The Morgan fingerprint density at radius 2 is 1.61 bits per heavy atom. The summed E-state index contributed by atoms with van der Waals surface area (Å²) in [6.45, 7) is 23.6. The molecule has 154 valence electrons. The van der Waals surface area contributed by atoms with Gasteiger partial charge in [-0.3, -0.25) is 0 Å². The van der Waals surface area contributed by atoms with Gasteiger partial charge in [0.15, 0.2) is 0 Å². The van der Waals surface area contributed by atoms with Crippen molar-refractivity contribution in [2.45, 2.75) is 51.4 Å². The minimum absolute atomic E-state index is 0.345. The summed E-state index contributed by atoms with van der Waals surface area (Å²) < 4.78 is 13.7. The standard InChI is InChI=1S/C19H33N5O2Si2/c1-20-17-14-19(24-18(22-17)8-9-21-24)23(15-25-10-12-27(2,3)4)16-26-11-13-28(5,6)7/h8-9,14H,10-13,15-16H2,2-7H3. The minimum atomic E-state index is -1.15. The molecule has 0 aromatic carbocycles. The van der Waals surface area contributed by atoms with Crippen LogP contribution in [0, 0.1) is 6.57 Å². The molecule has 0 saturated heterocycles. The third-order valence-corrected chi connectivity index (χ3v) is 7.66. The summed E-state index contributed by atoms with van der Waals surface area (Å²) in [7, 11) is -2.29. The lowest BCUT2D eigenvalue weighted by Gasteiger charge is -2.26. The largest absolute Gasteiger partial charge is 0.361 e. The molecule has 0 saturated carbocycles. The molecule has 2 rings (SSSR count). The lowest BCUT2D eigenvalue weighted by atomic mass is 10.5. The van der Waals surface area contributed by atoms with Crippen LogP contribution in [0.15, 0.2) is 18.3 Å². The molecule has 7 nitrogen and oxygen atoms in total. The second-order valence-corrected chi connectivity index (χ2v) is 20.7. The lowest BCUT2D eigenvalue weighted by molar-refractivity contribution is 0.0943. The fourth-order valence-corrected chi connectivity index (χ4v) is 3.96. The van der Waals surface area contributed by atoms with E-state index in [4.69, 9.17) is 16.0 Å². The summed E-state index contributed by atoms with van der Waals surface area (Å²) in [4.78, 5) is 9.80. The molecule has 0 atom stereocenters. The number of anilines is 1. The monoisotopic (exact) mass is 419 g/mol. The van der Waals surface area contributed by atoms with Crippen LogP contribution in [0.4, 0.5) is 11.6 Å². The summed E-state index contributed by atoms with van der Waals surface area (Å²) >= 11 is 0. The molecule has 0 unspecified atom stereocenters. The van der Waals surface area contributed by atoms with Crippen molar-refractivity contribution in [2.75, 3.05) is 31.6 Å².